The predicted octanol–water partition coefficient (Wildman–Crippen LogP) is 4.07. The Morgan fingerprint density at radius 2 is 2.03 bits per heavy atom. The molecule has 0 spiro atoms. The summed E-state index contributed by atoms with van der Waals surface area (Å²) in [6.07, 6.45) is 4.09. The Morgan fingerprint density at radius 1 is 1.30 bits per heavy atom. The van der Waals surface area contributed by atoms with Crippen LogP contribution in [0.5, 0.6) is 0 Å². The highest BCUT2D eigenvalue weighted by Crippen LogP contribution is 2.36. The third-order valence-electron chi connectivity index (χ3n) is 6.01. The van der Waals surface area contributed by atoms with Crippen LogP contribution in [-0.4, -0.2) is 60.3 Å². The average molecular weight is 477 g/mol. The fourth-order valence-corrected chi connectivity index (χ4v) is 4.48. The van der Waals surface area contributed by atoms with Crippen LogP contribution in [0, 0.1) is 0 Å². The Morgan fingerprint density at radius 3 is 2.73 bits per heavy atom. The largest absolute Gasteiger partial charge is 0.443 e. The van der Waals surface area contributed by atoms with Gasteiger partial charge in [-0.05, 0) is 39.7 Å². The second-order valence-corrected chi connectivity index (χ2v) is 9.92. The van der Waals surface area contributed by atoms with E-state index >= 15 is 0 Å². The van der Waals surface area contributed by atoms with Crippen molar-refractivity contribution in [3.8, 4) is 0 Å². The van der Waals surface area contributed by atoms with E-state index in [1.54, 1.807) is 13.2 Å². The first-order valence-corrected chi connectivity index (χ1v) is 11.8. The predicted molar refractivity (Wildman–Crippen MR) is 129 cm³/mol. The number of carbonyl (C=O) groups is 1. The van der Waals surface area contributed by atoms with Crippen molar-refractivity contribution < 1.29 is 14.3 Å². The standard InChI is InChI=1S/C23H33ClN6O3/c1-23(2,3)33-22(31)29(5)19-12-16(13-26-20(19)24)28(4)21-17-14-25-9-6-18(17)30(27-21)15-7-10-32-11-8-15/h12-13,15,25H,6-11,14H2,1-5H3. The number of ether oxygens (including phenoxy) is 2. The van der Waals surface area contributed by atoms with Crippen LogP contribution in [0.1, 0.15) is 50.9 Å². The van der Waals surface area contributed by atoms with Gasteiger partial charge in [0.1, 0.15) is 5.60 Å². The van der Waals surface area contributed by atoms with Crippen LogP contribution >= 0.6 is 11.6 Å². The zero-order valence-corrected chi connectivity index (χ0v) is 20.8. The number of hydrogen-bond acceptors (Lipinski definition) is 7. The normalized spacial score (nSPS) is 16.9. The number of carbonyl (C=O) groups excluding carboxylic acids is 1. The van der Waals surface area contributed by atoms with Crippen molar-refractivity contribution >= 4 is 34.9 Å². The molecule has 10 heteroatoms. The second kappa shape index (κ2) is 9.48. The lowest BCUT2D eigenvalue weighted by Crippen LogP contribution is -2.34. The minimum Gasteiger partial charge on any atom is -0.443 e. The molecule has 33 heavy (non-hydrogen) atoms. The van der Waals surface area contributed by atoms with Crippen molar-refractivity contribution in [2.24, 2.45) is 0 Å². The summed E-state index contributed by atoms with van der Waals surface area (Å²) in [4.78, 5) is 20.3. The summed E-state index contributed by atoms with van der Waals surface area (Å²) < 4.78 is 13.3. The number of amides is 1. The van der Waals surface area contributed by atoms with Gasteiger partial charge in [-0.1, -0.05) is 11.6 Å². The summed E-state index contributed by atoms with van der Waals surface area (Å²) in [7, 11) is 3.60. The molecule has 2 aliphatic heterocycles. The number of aromatic nitrogens is 3. The summed E-state index contributed by atoms with van der Waals surface area (Å²) in [6, 6.07) is 2.19. The summed E-state index contributed by atoms with van der Waals surface area (Å²) >= 11 is 6.36. The van der Waals surface area contributed by atoms with Gasteiger partial charge in [0.25, 0.3) is 0 Å². The molecule has 0 unspecified atom stereocenters. The molecule has 180 valence electrons. The SMILES string of the molecule is CN(C(=O)OC(C)(C)C)c1cc(N(C)c2nn(C3CCOCC3)c3c2CNCC3)cnc1Cl. The number of anilines is 3. The lowest BCUT2D eigenvalue weighted by molar-refractivity contribution is 0.0589. The molecule has 2 aromatic heterocycles. The third kappa shape index (κ3) is 5.10. The molecule has 0 atom stereocenters. The summed E-state index contributed by atoms with van der Waals surface area (Å²) in [6.45, 7) is 8.73. The van der Waals surface area contributed by atoms with Crippen molar-refractivity contribution in [2.75, 3.05) is 43.7 Å². The number of nitrogens with one attached hydrogen (secondary N) is 1. The van der Waals surface area contributed by atoms with Crippen LogP contribution in [0.3, 0.4) is 0 Å². The molecule has 2 aliphatic rings. The van der Waals surface area contributed by atoms with E-state index in [2.05, 4.69) is 15.0 Å². The van der Waals surface area contributed by atoms with Gasteiger partial charge in [0, 0.05) is 58.1 Å². The smallest absolute Gasteiger partial charge is 0.414 e. The monoisotopic (exact) mass is 476 g/mol. The molecule has 2 aromatic rings. The van der Waals surface area contributed by atoms with E-state index in [4.69, 9.17) is 26.2 Å². The lowest BCUT2D eigenvalue weighted by atomic mass is 10.1. The Bertz CT molecular complexity index is 1010. The maximum atomic E-state index is 12.6. The highest BCUT2D eigenvalue weighted by atomic mass is 35.5. The van der Waals surface area contributed by atoms with Crippen LogP contribution < -0.4 is 15.1 Å². The molecule has 0 radical (unpaired) electrons. The van der Waals surface area contributed by atoms with Crippen LogP contribution in [0.15, 0.2) is 12.3 Å². The molecule has 1 N–H and O–H groups in total. The minimum absolute atomic E-state index is 0.233. The fourth-order valence-electron chi connectivity index (χ4n) is 4.25. The molecule has 9 nitrogen and oxygen atoms in total. The molecule has 1 saturated heterocycles. The van der Waals surface area contributed by atoms with Gasteiger partial charge in [0.05, 0.1) is 23.6 Å². The quantitative estimate of drug-likeness (QED) is 0.666. The molecule has 1 fully saturated rings. The Balaban J connectivity index is 1.66. The molecule has 4 rings (SSSR count). The zero-order valence-electron chi connectivity index (χ0n) is 20.0. The Hall–Kier alpha value is -2.36. The van der Waals surface area contributed by atoms with Crippen molar-refractivity contribution in [3.05, 3.63) is 28.7 Å². The van der Waals surface area contributed by atoms with Crippen molar-refractivity contribution in [2.45, 2.75) is 58.2 Å². The van der Waals surface area contributed by atoms with E-state index in [1.165, 1.54) is 16.2 Å². The lowest BCUT2D eigenvalue weighted by Gasteiger charge is -2.26. The maximum absolute atomic E-state index is 12.6. The number of pyridine rings is 1. The molecular formula is C23H33ClN6O3. The summed E-state index contributed by atoms with van der Waals surface area (Å²) in [5.74, 6) is 0.888. The number of halogens is 1. The van der Waals surface area contributed by atoms with Crippen molar-refractivity contribution in [3.63, 3.8) is 0 Å². The highest BCUT2D eigenvalue weighted by molar-refractivity contribution is 6.32. The van der Waals surface area contributed by atoms with Gasteiger partial charge >= 0.3 is 6.09 Å². The van der Waals surface area contributed by atoms with Gasteiger partial charge in [0.15, 0.2) is 11.0 Å². The number of fused-ring (bicyclic) bond motifs is 1. The molecular weight excluding hydrogens is 444 g/mol. The van der Waals surface area contributed by atoms with E-state index in [0.717, 1.165) is 57.1 Å². The van der Waals surface area contributed by atoms with Gasteiger partial charge in [-0.3, -0.25) is 9.58 Å². The molecule has 0 aromatic carbocycles. The zero-order chi connectivity index (χ0) is 23.8. The first kappa shape index (κ1) is 23.8. The number of nitrogens with zero attached hydrogens (tertiary/aromatic N) is 5. The van der Waals surface area contributed by atoms with Crippen LogP contribution in [-0.2, 0) is 22.4 Å². The van der Waals surface area contributed by atoms with Crippen LogP contribution in [0.4, 0.5) is 22.0 Å². The molecule has 0 bridgehead atoms. The van der Waals surface area contributed by atoms with Gasteiger partial charge in [-0.2, -0.15) is 5.10 Å². The van der Waals surface area contributed by atoms with Crippen LogP contribution in [0.25, 0.3) is 0 Å². The average Bonchev–Trinajstić information content (AvgIpc) is 3.18. The third-order valence-corrected chi connectivity index (χ3v) is 6.31. The van der Waals surface area contributed by atoms with Gasteiger partial charge in [-0.25, -0.2) is 9.78 Å². The topological polar surface area (TPSA) is 84.8 Å². The summed E-state index contributed by atoms with van der Waals surface area (Å²) in [5, 5.41) is 8.76. The maximum Gasteiger partial charge on any atom is 0.414 e. The number of rotatable bonds is 4. The minimum atomic E-state index is -0.608. The van der Waals surface area contributed by atoms with E-state index in [9.17, 15) is 4.79 Å². The second-order valence-electron chi connectivity index (χ2n) is 9.57. The van der Waals surface area contributed by atoms with Gasteiger partial charge < -0.3 is 19.7 Å². The van der Waals surface area contributed by atoms with Gasteiger partial charge in [-0.15, -0.1) is 0 Å². The Labute approximate surface area is 200 Å². The summed E-state index contributed by atoms with van der Waals surface area (Å²) in [5.41, 5.74) is 3.14. The Kier molecular flexibility index (Phi) is 6.83. The van der Waals surface area contributed by atoms with E-state index in [0.29, 0.717) is 11.7 Å². The molecule has 1 amide bonds. The number of hydrogen-bond donors (Lipinski definition) is 1. The molecule has 0 saturated carbocycles. The van der Waals surface area contributed by atoms with Crippen LogP contribution in [0.2, 0.25) is 5.15 Å². The van der Waals surface area contributed by atoms with Gasteiger partial charge in [0.2, 0.25) is 0 Å². The highest BCUT2D eigenvalue weighted by Gasteiger charge is 2.29. The first-order chi connectivity index (χ1) is 15.7. The molecule has 4 heterocycles. The fraction of sp³-hybridized carbons (Fsp3) is 0.609. The van der Waals surface area contributed by atoms with Crippen molar-refractivity contribution in [1.29, 1.82) is 0 Å². The van der Waals surface area contributed by atoms with E-state index in [-0.39, 0.29) is 5.15 Å². The van der Waals surface area contributed by atoms with Crippen molar-refractivity contribution in [1.82, 2.24) is 20.1 Å². The van der Waals surface area contributed by atoms with E-state index in [1.807, 2.05) is 38.8 Å². The molecule has 0 aliphatic carbocycles. The van der Waals surface area contributed by atoms with E-state index < -0.39 is 11.7 Å². The first-order valence-electron chi connectivity index (χ1n) is 11.4.